The Labute approximate surface area is 370 Å². The summed E-state index contributed by atoms with van der Waals surface area (Å²) in [6.07, 6.45) is 59.2. The molecule has 0 N–H and O–H groups in total. The predicted octanol–water partition coefficient (Wildman–Crippen LogP) is 16.5. The molecule has 0 aromatic rings. The molecule has 0 spiro atoms. The molecule has 0 heterocycles. The van der Waals surface area contributed by atoms with Gasteiger partial charge in [-0.25, -0.2) is 0 Å². The number of hydrogen-bond donors (Lipinski definition) is 0. The molecule has 0 aliphatic rings. The van der Waals surface area contributed by atoms with Gasteiger partial charge in [-0.1, -0.05) is 197 Å². The van der Waals surface area contributed by atoms with Crippen molar-refractivity contribution in [1.29, 1.82) is 0 Å². The first-order valence-electron chi connectivity index (χ1n) is 25.3. The Morgan fingerprint density at radius 3 is 1.00 bits per heavy atom. The van der Waals surface area contributed by atoms with Crippen LogP contribution in [0.1, 0.15) is 245 Å². The van der Waals surface area contributed by atoms with Gasteiger partial charge in [0.15, 0.2) is 6.10 Å². The zero-order valence-electron chi connectivity index (χ0n) is 39.5. The molecule has 6 nitrogen and oxygen atoms in total. The van der Waals surface area contributed by atoms with Crippen LogP contribution in [0.15, 0.2) is 60.8 Å². The largest absolute Gasteiger partial charge is 0.462 e. The van der Waals surface area contributed by atoms with Gasteiger partial charge in [0.05, 0.1) is 0 Å². The van der Waals surface area contributed by atoms with Crippen LogP contribution in [0.4, 0.5) is 0 Å². The number of carbonyl (C=O) groups excluding carboxylic acids is 3. The monoisotopic (exact) mass is 839 g/mol. The summed E-state index contributed by atoms with van der Waals surface area (Å²) in [6.45, 7) is 6.54. The summed E-state index contributed by atoms with van der Waals surface area (Å²) in [5.74, 6) is -0.928. The first kappa shape index (κ1) is 57.1. The van der Waals surface area contributed by atoms with Gasteiger partial charge in [0, 0.05) is 19.3 Å². The number of unbranched alkanes of at least 4 members (excludes halogenated alkanes) is 24. The van der Waals surface area contributed by atoms with Crippen LogP contribution < -0.4 is 0 Å². The number of carbonyl (C=O) groups is 3. The maximum atomic E-state index is 12.8. The molecular formula is C54H94O6. The van der Waals surface area contributed by atoms with Crippen molar-refractivity contribution in [2.45, 2.75) is 252 Å². The van der Waals surface area contributed by atoms with Crippen molar-refractivity contribution in [3.05, 3.63) is 60.8 Å². The fourth-order valence-corrected chi connectivity index (χ4v) is 6.89. The van der Waals surface area contributed by atoms with Crippen molar-refractivity contribution in [2.75, 3.05) is 13.2 Å². The molecule has 0 bridgehead atoms. The Bertz CT molecular complexity index is 1100. The Morgan fingerprint density at radius 1 is 0.333 bits per heavy atom. The second kappa shape index (κ2) is 48.8. The standard InChI is InChI=1S/C54H94O6/c1-4-7-10-13-16-19-21-23-25-26-27-28-29-31-32-35-38-41-44-47-53(56)59-50-51(49-58-52(55)46-43-40-37-34-18-15-12-9-6-3)60-54(57)48-45-42-39-36-33-30-24-22-20-17-14-11-8-5-2/h16,19,22-25,27-28,31-32,51H,4-15,17-18,20-21,26,29-30,33-50H2,1-3H3/b19-16-,24-22-,25-23-,28-27-,32-31-/t51-/m1/s1. The summed E-state index contributed by atoms with van der Waals surface area (Å²) >= 11 is 0. The molecule has 6 heteroatoms. The van der Waals surface area contributed by atoms with E-state index >= 15 is 0 Å². The minimum absolute atomic E-state index is 0.0867. The van der Waals surface area contributed by atoms with Gasteiger partial charge in [-0.2, -0.15) is 0 Å². The van der Waals surface area contributed by atoms with Gasteiger partial charge in [-0.3, -0.25) is 14.4 Å². The molecule has 60 heavy (non-hydrogen) atoms. The van der Waals surface area contributed by atoms with Crippen LogP contribution in [-0.4, -0.2) is 37.2 Å². The zero-order valence-corrected chi connectivity index (χ0v) is 39.5. The first-order chi connectivity index (χ1) is 29.5. The Hall–Kier alpha value is -2.89. The van der Waals surface area contributed by atoms with E-state index in [0.29, 0.717) is 19.3 Å². The highest BCUT2D eigenvalue weighted by Gasteiger charge is 2.19. The van der Waals surface area contributed by atoms with Crippen LogP contribution >= 0.6 is 0 Å². The van der Waals surface area contributed by atoms with E-state index in [0.717, 1.165) is 96.3 Å². The fourth-order valence-electron chi connectivity index (χ4n) is 6.89. The van der Waals surface area contributed by atoms with Crippen molar-refractivity contribution in [3.63, 3.8) is 0 Å². The van der Waals surface area contributed by atoms with Gasteiger partial charge in [-0.15, -0.1) is 0 Å². The lowest BCUT2D eigenvalue weighted by molar-refractivity contribution is -0.167. The van der Waals surface area contributed by atoms with E-state index < -0.39 is 6.10 Å². The van der Waals surface area contributed by atoms with Gasteiger partial charge in [0.25, 0.3) is 0 Å². The first-order valence-corrected chi connectivity index (χ1v) is 25.3. The smallest absolute Gasteiger partial charge is 0.306 e. The summed E-state index contributed by atoms with van der Waals surface area (Å²) < 4.78 is 16.7. The molecule has 0 aliphatic heterocycles. The number of allylic oxidation sites excluding steroid dienone is 10. The van der Waals surface area contributed by atoms with Gasteiger partial charge < -0.3 is 14.2 Å². The SMILES string of the molecule is CCCCC/C=C\C/C=C\C/C=C\C/C=C\CCCCCC(=O)OC[C@@H](COC(=O)CCCCCCCCCCC)OC(=O)CCCCCCC/C=C\CCCCCCC. The quantitative estimate of drug-likeness (QED) is 0.0263. The summed E-state index contributed by atoms with van der Waals surface area (Å²) in [5, 5.41) is 0. The van der Waals surface area contributed by atoms with Gasteiger partial charge in [0.1, 0.15) is 13.2 Å². The highest BCUT2D eigenvalue weighted by atomic mass is 16.6. The Morgan fingerprint density at radius 2 is 0.600 bits per heavy atom. The van der Waals surface area contributed by atoms with E-state index in [1.54, 1.807) is 0 Å². The van der Waals surface area contributed by atoms with Crippen LogP contribution in [0, 0.1) is 0 Å². The van der Waals surface area contributed by atoms with Crippen molar-refractivity contribution in [1.82, 2.24) is 0 Å². The minimum atomic E-state index is -0.788. The molecule has 0 amide bonds. The second-order valence-electron chi connectivity index (χ2n) is 16.7. The third-order valence-electron chi connectivity index (χ3n) is 10.7. The molecule has 0 saturated heterocycles. The lowest BCUT2D eigenvalue weighted by Crippen LogP contribution is -2.30. The average Bonchev–Trinajstić information content (AvgIpc) is 3.24. The summed E-state index contributed by atoms with van der Waals surface area (Å²) in [4.78, 5) is 37.8. The molecule has 0 aliphatic carbocycles. The Kier molecular flexibility index (Phi) is 46.4. The van der Waals surface area contributed by atoms with Gasteiger partial charge >= 0.3 is 17.9 Å². The molecule has 0 radical (unpaired) electrons. The van der Waals surface area contributed by atoms with E-state index in [1.165, 1.54) is 109 Å². The van der Waals surface area contributed by atoms with E-state index in [4.69, 9.17) is 14.2 Å². The van der Waals surface area contributed by atoms with E-state index in [9.17, 15) is 14.4 Å². The maximum absolute atomic E-state index is 12.8. The summed E-state index contributed by atoms with van der Waals surface area (Å²) in [7, 11) is 0. The molecule has 0 aromatic carbocycles. The van der Waals surface area contributed by atoms with Crippen molar-refractivity contribution in [2.24, 2.45) is 0 Å². The molecule has 0 saturated carbocycles. The highest BCUT2D eigenvalue weighted by molar-refractivity contribution is 5.71. The van der Waals surface area contributed by atoms with Crippen molar-refractivity contribution >= 4 is 17.9 Å². The second-order valence-corrected chi connectivity index (χ2v) is 16.7. The number of esters is 3. The van der Waals surface area contributed by atoms with Crippen LogP contribution in [-0.2, 0) is 28.6 Å². The fraction of sp³-hybridized carbons (Fsp3) is 0.759. The molecule has 0 rings (SSSR count). The van der Waals surface area contributed by atoms with Crippen LogP contribution in [0.25, 0.3) is 0 Å². The molecule has 1 atom stereocenters. The number of rotatable bonds is 45. The van der Waals surface area contributed by atoms with E-state index in [1.807, 2.05) is 0 Å². The summed E-state index contributed by atoms with van der Waals surface area (Å²) in [5.41, 5.74) is 0. The number of ether oxygens (including phenoxy) is 3. The van der Waals surface area contributed by atoms with Gasteiger partial charge in [0.2, 0.25) is 0 Å². The Balaban J connectivity index is 4.39. The minimum Gasteiger partial charge on any atom is -0.462 e. The van der Waals surface area contributed by atoms with Gasteiger partial charge in [-0.05, 0) is 89.9 Å². The number of hydrogen-bond acceptors (Lipinski definition) is 6. The van der Waals surface area contributed by atoms with Crippen LogP contribution in [0.5, 0.6) is 0 Å². The summed E-state index contributed by atoms with van der Waals surface area (Å²) in [6, 6.07) is 0. The normalized spacial score (nSPS) is 12.5. The third-order valence-corrected chi connectivity index (χ3v) is 10.7. The molecule has 346 valence electrons. The molecule has 0 aromatic heterocycles. The molecule has 0 unspecified atom stereocenters. The van der Waals surface area contributed by atoms with Crippen LogP contribution in [0.3, 0.4) is 0 Å². The lowest BCUT2D eigenvalue weighted by atomic mass is 10.1. The highest BCUT2D eigenvalue weighted by Crippen LogP contribution is 2.14. The van der Waals surface area contributed by atoms with E-state index in [2.05, 4.69) is 81.5 Å². The maximum Gasteiger partial charge on any atom is 0.306 e. The van der Waals surface area contributed by atoms with E-state index in [-0.39, 0.29) is 31.1 Å². The zero-order chi connectivity index (χ0) is 43.7. The molecular weight excluding hydrogens is 745 g/mol. The predicted molar refractivity (Wildman–Crippen MR) is 256 cm³/mol. The average molecular weight is 839 g/mol. The van der Waals surface area contributed by atoms with Crippen molar-refractivity contribution in [3.8, 4) is 0 Å². The van der Waals surface area contributed by atoms with Crippen LogP contribution in [0.2, 0.25) is 0 Å². The third kappa shape index (κ3) is 46.2. The van der Waals surface area contributed by atoms with Crippen molar-refractivity contribution < 1.29 is 28.6 Å². The topological polar surface area (TPSA) is 78.9 Å². The lowest BCUT2D eigenvalue weighted by Gasteiger charge is -2.18. The molecule has 0 fully saturated rings.